The Hall–Kier alpha value is -5.69. The van der Waals surface area contributed by atoms with Gasteiger partial charge in [-0.05, 0) is 105 Å². The van der Waals surface area contributed by atoms with Crippen molar-refractivity contribution in [1.82, 2.24) is 41.2 Å². The Morgan fingerprint density at radius 1 is 0.766 bits per heavy atom. The average molecular weight is 867 g/mol. The van der Waals surface area contributed by atoms with Crippen LogP contribution in [0, 0.1) is 0 Å². The molecule has 2 aliphatic rings. The van der Waals surface area contributed by atoms with E-state index < -0.39 is 18.1 Å². The van der Waals surface area contributed by atoms with Crippen molar-refractivity contribution in [3.63, 3.8) is 0 Å². The Bertz CT molecular complexity index is 2220. The van der Waals surface area contributed by atoms with Crippen LogP contribution in [0.4, 0.5) is 0 Å². The number of rotatable bonds is 21. The molecule has 7 rings (SSSR count). The zero-order valence-corrected chi connectivity index (χ0v) is 37.8. The van der Waals surface area contributed by atoms with E-state index in [1.807, 2.05) is 41.2 Å². The molecule has 12 nitrogen and oxygen atoms in total. The van der Waals surface area contributed by atoms with Crippen molar-refractivity contribution in [1.29, 1.82) is 0 Å². The van der Waals surface area contributed by atoms with Crippen molar-refractivity contribution in [2.75, 3.05) is 20.2 Å². The maximum atomic E-state index is 14.2. The SMILES string of the molecule is CCN[C@@H](c1ccccc1)c1ccc(CCCOCc2cn(CCCc3ccc([C@@H](NC(=O)[C@@H]4CC[C@@H]5CCCC[C@H](NC(=O)[C@H](C)NC)C(=O)N54)c4ccccc4)cc3)nn2)cc1. The molecule has 1 aromatic heterocycles. The molecule has 0 unspecified atom stereocenters. The van der Waals surface area contributed by atoms with Crippen molar-refractivity contribution in [3.8, 4) is 0 Å². The second kappa shape index (κ2) is 23.3. The topological polar surface area (TPSA) is 143 Å². The van der Waals surface area contributed by atoms with E-state index in [1.165, 1.54) is 22.3 Å². The van der Waals surface area contributed by atoms with Crippen molar-refractivity contribution >= 4 is 17.7 Å². The van der Waals surface area contributed by atoms with Crippen LogP contribution in [0.3, 0.4) is 0 Å². The van der Waals surface area contributed by atoms with E-state index in [0.29, 0.717) is 26.1 Å². The Labute approximate surface area is 378 Å². The molecule has 0 aliphatic carbocycles. The first-order chi connectivity index (χ1) is 31.3. The Morgan fingerprint density at radius 2 is 1.38 bits per heavy atom. The first kappa shape index (κ1) is 46.3. The Morgan fingerprint density at radius 3 is 2.03 bits per heavy atom. The summed E-state index contributed by atoms with van der Waals surface area (Å²) >= 11 is 0. The number of nitrogens with one attached hydrogen (secondary N) is 4. The minimum atomic E-state index is -0.642. The third-order valence-corrected chi connectivity index (χ3v) is 12.8. The average Bonchev–Trinajstić information content (AvgIpc) is 3.97. The van der Waals surface area contributed by atoms with Gasteiger partial charge >= 0.3 is 0 Å². The number of hydrogen-bond acceptors (Lipinski definition) is 8. The van der Waals surface area contributed by atoms with Crippen LogP contribution in [-0.2, 0) is 45.1 Å². The van der Waals surface area contributed by atoms with Gasteiger partial charge in [-0.3, -0.25) is 19.1 Å². The third-order valence-electron chi connectivity index (χ3n) is 12.8. The van der Waals surface area contributed by atoms with Crippen molar-refractivity contribution < 1.29 is 19.1 Å². The van der Waals surface area contributed by atoms with Crippen LogP contribution in [0.1, 0.15) is 116 Å². The molecular weight excluding hydrogens is 801 g/mol. The number of hydrogen-bond donors (Lipinski definition) is 4. The molecule has 3 heterocycles. The summed E-state index contributed by atoms with van der Waals surface area (Å²) < 4.78 is 7.86. The lowest BCUT2D eigenvalue weighted by atomic mass is 9.96. The fraction of sp³-hybridized carbons (Fsp3) is 0.442. The van der Waals surface area contributed by atoms with Gasteiger partial charge in [-0.25, -0.2) is 0 Å². The first-order valence-corrected chi connectivity index (χ1v) is 23.4. The van der Waals surface area contributed by atoms with E-state index >= 15 is 0 Å². The lowest BCUT2D eigenvalue weighted by molar-refractivity contribution is -0.144. The number of fused-ring (bicyclic) bond motifs is 1. The molecule has 4 aromatic carbocycles. The highest BCUT2D eigenvalue weighted by Crippen LogP contribution is 2.33. The zero-order chi connectivity index (χ0) is 44.7. The molecule has 6 atom stereocenters. The summed E-state index contributed by atoms with van der Waals surface area (Å²) in [6.45, 7) is 6.65. The number of amides is 3. The lowest BCUT2D eigenvalue weighted by Gasteiger charge is -2.36. The smallest absolute Gasteiger partial charge is 0.246 e. The molecule has 2 saturated heterocycles. The van der Waals surface area contributed by atoms with Gasteiger partial charge < -0.3 is 30.9 Å². The van der Waals surface area contributed by atoms with Crippen LogP contribution in [0.5, 0.6) is 0 Å². The minimum Gasteiger partial charge on any atom is -0.375 e. The number of aromatic nitrogens is 3. The van der Waals surface area contributed by atoms with Gasteiger partial charge in [-0.1, -0.05) is 134 Å². The highest BCUT2D eigenvalue weighted by Gasteiger charge is 2.44. The molecule has 0 bridgehead atoms. The number of likely N-dealkylation sites (N-methyl/N-ethyl adjacent to an activating group) is 1. The molecule has 0 spiro atoms. The van der Waals surface area contributed by atoms with Crippen LogP contribution in [0.2, 0.25) is 0 Å². The van der Waals surface area contributed by atoms with Crippen molar-refractivity contribution in [2.45, 2.75) is 127 Å². The maximum absolute atomic E-state index is 14.2. The molecule has 0 saturated carbocycles. The van der Waals surface area contributed by atoms with Gasteiger partial charge in [-0.15, -0.1) is 5.10 Å². The molecule has 3 amide bonds. The minimum absolute atomic E-state index is 0.00957. The molecule has 2 aliphatic heterocycles. The normalized spacial score (nSPS) is 19.0. The molecule has 12 heteroatoms. The van der Waals surface area contributed by atoms with Crippen LogP contribution >= 0.6 is 0 Å². The summed E-state index contributed by atoms with van der Waals surface area (Å²) in [6.07, 6.45) is 10.2. The van der Waals surface area contributed by atoms with Crippen molar-refractivity contribution in [2.24, 2.45) is 0 Å². The standard InChI is InChI=1S/C52H66N8O4/c1-4-54-48(40-17-7-5-8-18-40)42-27-23-39(24-28-42)16-14-34-64-36-44-35-59(58-57-44)33-13-15-38-25-29-43(30-26-38)49(41-19-9-6-10-20-41)56-51(62)47-32-31-45-21-11-12-22-46(52(63)60(45)47)55-50(61)37(2)53-3/h5-10,17-20,23-30,35,37,45-49,53-54H,4,11-16,21-22,31-34,36H2,1-3H3,(H,55,61)(H,56,62)/t37-,45-,46-,47-,48-,49-/m0/s1. The van der Waals surface area contributed by atoms with E-state index in [0.717, 1.165) is 81.3 Å². The van der Waals surface area contributed by atoms with E-state index in [2.05, 4.69) is 117 Å². The van der Waals surface area contributed by atoms with Gasteiger partial charge in [-0.2, -0.15) is 0 Å². The fourth-order valence-electron chi connectivity index (χ4n) is 9.14. The van der Waals surface area contributed by atoms with Crippen LogP contribution in [0.15, 0.2) is 115 Å². The predicted molar refractivity (Wildman–Crippen MR) is 250 cm³/mol. The molecule has 0 radical (unpaired) electrons. The Kier molecular flexibility index (Phi) is 16.9. The highest BCUT2D eigenvalue weighted by molar-refractivity contribution is 5.94. The van der Waals surface area contributed by atoms with Gasteiger partial charge in [0, 0.05) is 19.2 Å². The summed E-state index contributed by atoms with van der Waals surface area (Å²) in [4.78, 5) is 42.9. The van der Waals surface area contributed by atoms with Gasteiger partial charge in [0.05, 0.1) is 30.9 Å². The molecule has 5 aromatic rings. The summed E-state index contributed by atoms with van der Waals surface area (Å²) in [6, 6.07) is 36.0. The Balaban J connectivity index is 0.873. The second-order valence-corrected chi connectivity index (χ2v) is 17.3. The number of benzene rings is 4. The fourth-order valence-corrected chi connectivity index (χ4v) is 9.14. The number of carbonyl (C=O) groups is 3. The van der Waals surface area contributed by atoms with E-state index in [-0.39, 0.29) is 35.8 Å². The third kappa shape index (κ3) is 12.3. The van der Waals surface area contributed by atoms with Crippen LogP contribution < -0.4 is 21.3 Å². The van der Waals surface area contributed by atoms with E-state index in [4.69, 9.17) is 4.74 Å². The molecule has 2 fully saturated rings. The van der Waals surface area contributed by atoms with Crippen LogP contribution in [-0.4, -0.2) is 82.0 Å². The largest absolute Gasteiger partial charge is 0.375 e. The summed E-state index contributed by atoms with van der Waals surface area (Å²) in [5, 5.41) is 21.5. The maximum Gasteiger partial charge on any atom is 0.246 e. The van der Waals surface area contributed by atoms with Gasteiger partial charge in [0.25, 0.3) is 0 Å². The highest BCUT2D eigenvalue weighted by atomic mass is 16.5. The lowest BCUT2D eigenvalue weighted by Crippen LogP contribution is -2.58. The molecular formula is C52H66N8O4. The predicted octanol–water partition coefficient (Wildman–Crippen LogP) is 6.99. The van der Waals surface area contributed by atoms with E-state index in [9.17, 15) is 14.4 Å². The number of carbonyl (C=O) groups excluding carboxylic acids is 3. The summed E-state index contributed by atoms with van der Waals surface area (Å²) in [5.41, 5.74) is 7.80. The molecule has 64 heavy (non-hydrogen) atoms. The van der Waals surface area contributed by atoms with Gasteiger partial charge in [0.2, 0.25) is 17.7 Å². The second-order valence-electron chi connectivity index (χ2n) is 17.3. The van der Waals surface area contributed by atoms with Crippen LogP contribution in [0.25, 0.3) is 0 Å². The summed E-state index contributed by atoms with van der Waals surface area (Å²) in [5.74, 6) is -0.533. The quantitative estimate of drug-likeness (QED) is 0.0579. The number of ether oxygens (including phenoxy) is 1. The van der Waals surface area contributed by atoms with Gasteiger partial charge in [0.1, 0.15) is 17.8 Å². The molecule has 338 valence electrons. The number of aryl methyl sites for hydroxylation is 3. The van der Waals surface area contributed by atoms with Crippen molar-refractivity contribution in [3.05, 3.63) is 154 Å². The summed E-state index contributed by atoms with van der Waals surface area (Å²) in [7, 11) is 1.72. The zero-order valence-electron chi connectivity index (χ0n) is 37.8. The van der Waals surface area contributed by atoms with Gasteiger partial charge in [0.15, 0.2) is 0 Å². The van der Waals surface area contributed by atoms with E-state index in [1.54, 1.807) is 18.9 Å². The monoisotopic (exact) mass is 867 g/mol. The number of nitrogens with zero attached hydrogens (tertiary/aromatic N) is 4. The molecule has 4 N–H and O–H groups in total. The first-order valence-electron chi connectivity index (χ1n) is 23.4.